The molecule has 0 bridgehead atoms. The number of fused-ring (bicyclic) bond motifs is 1. The number of aryl methyl sites for hydroxylation is 2. The normalized spacial score (nSPS) is 32.6. The molecule has 2 aliphatic rings. The van der Waals surface area contributed by atoms with E-state index in [0.29, 0.717) is 23.0 Å². The highest BCUT2D eigenvalue weighted by atomic mass is 16.3. The van der Waals surface area contributed by atoms with Crippen LogP contribution in [0.1, 0.15) is 83.8 Å². The molecule has 0 aromatic heterocycles. The van der Waals surface area contributed by atoms with Crippen molar-refractivity contribution in [3.8, 4) is 5.75 Å². The van der Waals surface area contributed by atoms with Crippen molar-refractivity contribution in [1.82, 2.24) is 0 Å². The van der Waals surface area contributed by atoms with Gasteiger partial charge in [-0.3, -0.25) is 0 Å². The van der Waals surface area contributed by atoms with Crippen molar-refractivity contribution in [3.63, 3.8) is 0 Å². The Labute approximate surface area is 178 Å². The number of hydrogen-bond acceptors (Lipinski definition) is 2. The molecule has 29 heavy (non-hydrogen) atoms. The van der Waals surface area contributed by atoms with Crippen molar-refractivity contribution in [3.05, 3.63) is 41.0 Å². The van der Waals surface area contributed by atoms with Crippen LogP contribution in [0.2, 0.25) is 0 Å². The van der Waals surface area contributed by atoms with Crippen LogP contribution in [-0.4, -0.2) is 16.3 Å². The third-order valence-corrected chi connectivity index (χ3v) is 8.41. The summed E-state index contributed by atoms with van der Waals surface area (Å²) in [5.74, 6) is 2.93. The minimum atomic E-state index is -0.162. The molecular formula is C27H42O2. The summed E-state index contributed by atoms with van der Waals surface area (Å²) in [5.41, 5.74) is 4.28. The Morgan fingerprint density at radius 3 is 2.72 bits per heavy atom. The van der Waals surface area contributed by atoms with Gasteiger partial charge in [-0.25, -0.2) is 0 Å². The molecule has 0 aliphatic heterocycles. The summed E-state index contributed by atoms with van der Waals surface area (Å²) in [4.78, 5) is 0. The topological polar surface area (TPSA) is 40.5 Å². The van der Waals surface area contributed by atoms with Crippen LogP contribution < -0.4 is 0 Å². The largest absolute Gasteiger partial charge is 0.508 e. The predicted molar refractivity (Wildman–Crippen MR) is 122 cm³/mol. The monoisotopic (exact) mass is 398 g/mol. The Bertz CT molecular complexity index is 717. The van der Waals surface area contributed by atoms with Gasteiger partial charge in [-0.05, 0) is 124 Å². The van der Waals surface area contributed by atoms with Crippen LogP contribution in [0.5, 0.6) is 5.75 Å². The zero-order valence-electron chi connectivity index (χ0n) is 19.2. The van der Waals surface area contributed by atoms with Gasteiger partial charge in [-0.15, -0.1) is 0 Å². The lowest BCUT2D eigenvalue weighted by molar-refractivity contribution is -0.0527. The molecule has 1 aromatic rings. The average molecular weight is 399 g/mol. The molecule has 0 saturated heterocycles. The number of phenolic OH excluding ortho intramolecular Hbond substituents is 1. The number of hydrogen-bond donors (Lipinski definition) is 2. The second-order valence-corrected chi connectivity index (χ2v) is 10.6. The smallest absolute Gasteiger partial charge is 0.115 e. The molecule has 2 aliphatic carbocycles. The van der Waals surface area contributed by atoms with Crippen molar-refractivity contribution in [2.24, 2.45) is 29.1 Å². The molecule has 2 saturated carbocycles. The quantitative estimate of drug-likeness (QED) is 0.495. The van der Waals surface area contributed by atoms with Gasteiger partial charge in [-0.2, -0.15) is 0 Å². The molecule has 0 spiro atoms. The van der Waals surface area contributed by atoms with Gasteiger partial charge in [0, 0.05) is 0 Å². The molecular weight excluding hydrogens is 356 g/mol. The highest BCUT2D eigenvalue weighted by Crippen LogP contribution is 2.60. The summed E-state index contributed by atoms with van der Waals surface area (Å²) < 4.78 is 0. The van der Waals surface area contributed by atoms with Crippen molar-refractivity contribution in [2.45, 2.75) is 92.1 Å². The maximum atomic E-state index is 10.9. The number of aliphatic hydroxyl groups is 1. The van der Waals surface area contributed by atoms with Crippen LogP contribution >= 0.6 is 0 Å². The van der Waals surface area contributed by atoms with E-state index in [1.807, 2.05) is 12.1 Å². The van der Waals surface area contributed by atoms with E-state index in [0.717, 1.165) is 31.1 Å². The fourth-order valence-electron chi connectivity index (χ4n) is 6.72. The summed E-state index contributed by atoms with van der Waals surface area (Å²) in [6.45, 7) is 11.5. The molecule has 0 amide bonds. The zero-order valence-corrected chi connectivity index (χ0v) is 19.2. The van der Waals surface area contributed by atoms with E-state index in [1.54, 1.807) is 6.07 Å². The highest BCUT2D eigenvalue weighted by molar-refractivity contribution is 5.34. The van der Waals surface area contributed by atoms with E-state index >= 15 is 0 Å². The number of allylic oxidation sites excluding steroid dienone is 2. The minimum Gasteiger partial charge on any atom is -0.508 e. The van der Waals surface area contributed by atoms with E-state index < -0.39 is 0 Å². The lowest BCUT2D eigenvalue weighted by Crippen LogP contribution is -2.45. The number of benzene rings is 1. The van der Waals surface area contributed by atoms with Crippen LogP contribution in [0, 0.1) is 36.0 Å². The van der Waals surface area contributed by atoms with Crippen molar-refractivity contribution >= 4 is 0 Å². The minimum absolute atomic E-state index is 0.162. The standard InChI is InChI=1S/C27H42O2/c1-18(2)7-6-8-20(4)24-13-14-25-23(26(29)15-16-27(24,25)5)12-10-21-17-22(28)11-9-19(21)3/h7,9,11,17,20,23-26,28-29H,6,8,10,12-16H2,1-5H3/t20?,23-,24+,25-,26+,27+/m0/s1. The molecule has 2 fully saturated rings. The molecule has 162 valence electrons. The van der Waals surface area contributed by atoms with Gasteiger partial charge in [0.25, 0.3) is 0 Å². The molecule has 1 unspecified atom stereocenters. The Hall–Kier alpha value is -1.28. The maximum absolute atomic E-state index is 10.9. The summed E-state index contributed by atoms with van der Waals surface area (Å²) in [5, 5.41) is 20.8. The van der Waals surface area contributed by atoms with E-state index in [9.17, 15) is 10.2 Å². The Balaban J connectivity index is 1.69. The van der Waals surface area contributed by atoms with E-state index in [2.05, 4.69) is 40.7 Å². The van der Waals surface area contributed by atoms with Crippen molar-refractivity contribution in [1.29, 1.82) is 0 Å². The Kier molecular flexibility index (Phi) is 7.14. The van der Waals surface area contributed by atoms with Crippen LogP contribution in [0.25, 0.3) is 0 Å². The number of aromatic hydroxyl groups is 1. The predicted octanol–water partition coefficient (Wildman–Crippen LogP) is 6.82. The molecule has 2 heteroatoms. The van der Waals surface area contributed by atoms with Crippen LogP contribution in [0.4, 0.5) is 0 Å². The lowest BCUT2D eigenvalue weighted by atomic mass is 9.57. The second kappa shape index (κ2) is 9.25. The molecule has 2 nitrogen and oxygen atoms in total. The molecule has 3 rings (SSSR count). The van der Waals surface area contributed by atoms with Crippen LogP contribution in [0.3, 0.4) is 0 Å². The summed E-state index contributed by atoms with van der Waals surface area (Å²) >= 11 is 0. The first-order chi connectivity index (χ1) is 13.7. The van der Waals surface area contributed by atoms with Crippen molar-refractivity contribution < 1.29 is 10.2 Å². The van der Waals surface area contributed by atoms with E-state index in [1.165, 1.54) is 48.8 Å². The molecule has 0 heterocycles. The van der Waals surface area contributed by atoms with Gasteiger partial charge in [0.1, 0.15) is 5.75 Å². The SMILES string of the molecule is CC(C)=CCCC(C)[C@H]1CC[C@H]2[C@H](CCc3cc(O)ccc3C)[C@H](O)CC[C@]12C. The van der Waals surface area contributed by atoms with Crippen LogP contribution in [0.15, 0.2) is 29.8 Å². The molecule has 1 aromatic carbocycles. The fraction of sp³-hybridized carbons (Fsp3) is 0.704. The molecule has 0 radical (unpaired) electrons. The zero-order chi connectivity index (χ0) is 21.2. The number of aliphatic hydroxyl groups excluding tert-OH is 1. The van der Waals surface area contributed by atoms with E-state index in [4.69, 9.17) is 0 Å². The lowest BCUT2D eigenvalue weighted by Gasteiger charge is -2.49. The third kappa shape index (κ3) is 4.90. The first-order valence-electron chi connectivity index (χ1n) is 11.8. The number of rotatable bonds is 7. The first kappa shape index (κ1) is 22.4. The van der Waals surface area contributed by atoms with Gasteiger partial charge < -0.3 is 10.2 Å². The molecule has 2 N–H and O–H groups in total. The van der Waals surface area contributed by atoms with E-state index in [-0.39, 0.29) is 6.10 Å². The number of phenols is 1. The fourth-order valence-corrected chi connectivity index (χ4v) is 6.72. The van der Waals surface area contributed by atoms with Gasteiger partial charge in [0.2, 0.25) is 0 Å². The average Bonchev–Trinajstić information content (AvgIpc) is 3.01. The second-order valence-electron chi connectivity index (χ2n) is 10.6. The first-order valence-corrected chi connectivity index (χ1v) is 11.8. The van der Waals surface area contributed by atoms with Gasteiger partial charge >= 0.3 is 0 Å². The summed E-state index contributed by atoms with van der Waals surface area (Å²) in [6, 6.07) is 5.68. The molecule has 6 atom stereocenters. The summed E-state index contributed by atoms with van der Waals surface area (Å²) in [6.07, 6.45) is 11.4. The van der Waals surface area contributed by atoms with Gasteiger partial charge in [-0.1, -0.05) is 31.6 Å². The summed E-state index contributed by atoms with van der Waals surface area (Å²) in [7, 11) is 0. The highest BCUT2D eigenvalue weighted by Gasteiger charge is 2.54. The maximum Gasteiger partial charge on any atom is 0.115 e. The Morgan fingerprint density at radius 1 is 1.24 bits per heavy atom. The van der Waals surface area contributed by atoms with Gasteiger partial charge in [0.15, 0.2) is 0 Å². The Morgan fingerprint density at radius 2 is 2.00 bits per heavy atom. The third-order valence-electron chi connectivity index (χ3n) is 8.41. The van der Waals surface area contributed by atoms with Gasteiger partial charge in [0.05, 0.1) is 6.10 Å². The van der Waals surface area contributed by atoms with Crippen LogP contribution in [-0.2, 0) is 6.42 Å². The van der Waals surface area contributed by atoms with Crippen molar-refractivity contribution in [2.75, 3.05) is 0 Å².